The van der Waals surface area contributed by atoms with Gasteiger partial charge in [0, 0.05) is 22.2 Å². The minimum absolute atomic E-state index is 0.0477. The molecule has 0 unspecified atom stereocenters. The summed E-state index contributed by atoms with van der Waals surface area (Å²) in [5.41, 5.74) is 2.58. The Morgan fingerprint density at radius 3 is 2.71 bits per heavy atom. The van der Waals surface area contributed by atoms with Crippen LogP contribution in [0.4, 0.5) is 0 Å². The summed E-state index contributed by atoms with van der Waals surface area (Å²) in [5, 5.41) is 3.05. The summed E-state index contributed by atoms with van der Waals surface area (Å²) in [6.45, 7) is 4.46. The Bertz CT molecular complexity index is 1090. The van der Waals surface area contributed by atoms with Gasteiger partial charge in [0.15, 0.2) is 10.6 Å². The highest BCUT2D eigenvalue weighted by Crippen LogP contribution is 2.21. The number of benzene rings is 1. The molecule has 1 aromatic carbocycles. The van der Waals surface area contributed by atoms with E-state index in [2.05, 4.69) is 10.3 Å². The molecule has 144 valence electrons. The first-order valence-electron chi connectivity index (χ1n) is 9.21. The second-order valence-corrected chi connectivity index (χ2v) is 8.09. The van der Waals surface area contributed by atoms with Crippen molar-refractivity contribution in [3.05, 3.63) is 74.9 Å². The fourth-order valence-corrected chi connectivity index (χ4v) is 3.92. The summed E-state index contributed by atoms with van der Waals surface area (Å²) >= 11 is 1.45. The quantitative estimate of drug-likeness (QED) is 0.719. The highest BCUT2D eigenvalue weighted by molar-refractivity contribution is 7.09. The van der Waals surface area contributed by atoms with Crippen LogP contribution in [0.1, 0.15) is 49.9 Å². The second-order valence-electron chi connectivity index (χ2n) is 6.91. The molecule has 1 aliphatic rings. The average molecular weight is 395 g/mol. The fraction of sp³-hybridized carbons (Fsp3) is 0.286. The van der Waals surface area contributed by atoms with E-state index in [1.807, 2.05) is 42.7 Å². The molecule has 0 atom stereocenters. The van der Waals surface area contributed by atoms with Gasteiger partial charge in [0.1, 0.15) is 0 Å². The molecule has 1 fully saturated rings. The number of hydrogen-bond donors (Lipinski definition) is 1. The van der Waals surface area contributed by atoms with Gasteiger partial charge in [-0.25, -0.2) is 0 Å². The molecule has 3 aromatic rings. The minimum Gasteiger partial charge on any atom is -0.459 e. The largest absolute Gasteiger partial charge is 0.459 e. The molecule has 0 spiro atoms. The number of amides is 2. The van der Waals surface area contributed by atoms with E-state index in [0.717, 1.165) is 29.0 Å². The Morgan fingerprint density at radius 2 is 2.00 bits per heavy atom. The zero-order valence-electron chi connectivity index (χ0n) is 15.8. The molecule has 6 nitrogen and oxygen atoms in total. The Hall–Kier alpha value is -2.93. The van der Waals surface area contributed by atoms with E-state index in [0.29, 0.717) is 23.0 Å². The first-order valence-corrected chi connectivity index (χ1v) is 10.0. The van der Waals surface area contributed by atoms with Crippen molar-refractivity contribution in [2.75, 3.05) is 0 Å². The van der Waals surface area contributed by atoms with Crippen molar-refractivity contribution in [3.8, 4) is 0 Å². The molecule has 2 amide bonds. The van der Waals surface area contributed by atoms with Gasteiger partial charge in [0.05, 0.1) is 12.8 Å². The van der Waals surface area contributed by atoms with Crippen molar-refractivity contribution < 1.29 is 14.0 Å². The molecule has 0 saturated heterocycles. The number of carbonyl (C=O) groups is 2. The van der Waals surface area contributed by atoms with Crippen LogP contribution in [0.3, 0.4) is 0 Å². The second kappa shape index (κ2) is 7.59. The van der Waals surface area contributed by atoms with Crippen molar-refractivity contribution in [1.29, 1.82) is 0 Å². The Morgan fingerprint density at radius 1 is 1.21 bits per heavy atom. The van der Waals surface area contributed by atoms with Crippen LogP contribution in [0.25, 0.3) is 0 Å². The van der Waals surface area contributed by atoms with Crippen LogP contribution >= 0.6 is 11.3 Å². The predicted octanol–water partition coefficient (Wildman–Crippen LogP) is 3.44. The summed E-state index contributed by atoms with van der Waals surface area (Å²) < 4.78 is 7.13. The number of furan rings is 1. The number of rotatable bonds is 5. The molecule has 0 aliphatic heterocycles. The van der Waals surface area contributed by atoms with Crippen molar-refractivity contribution >= 4 is 23.2 Å². The molecule has 2 heterocycles. The van der Waals surface area contributed by atoms with Gasteiger partial charge in [-0.15, -0.1) is 11.3 Å². The van der Waals surface area contributed by atoms with Gasteiger partial charge in [-0.05, 0) is 50.5 Å². The maximum absolute atomic E-state index is 12.6. The van der Waals surface area contributed by atoms with Gasteiger partial charge >= 0.3 is 5.91 Å². The number of thiazole rings is 1. The van der Waals surface area contributed by atoms with Gasteiger partial charge in [-0.1, -0.05) is 18.2 Å². The van der Waals surface area contributed by atoms with E-state index in [-0.39, 0.29) is 11.7 Å². The summed E-state index contributed by atoms with van der Waals surface area (Å²) in [6.07, 6.45) is 3.54. The standard InChI is InChI=1S/C21H21N3O3S/c1-13-14(2)28-21(23-20(26)18-8-5-11-27-18)24(13)12-15-6-3-4-7-17(15)19(25)22-16-9-10-16/h3-8,11,16H,9-10,12H2,1-2H3,(H,22,25). The van der Waals surface area contributed by atoms with Crippen molar-refractivity contribution in [2.45, 2.75) is 39.3 Å². The molecular weight excluding hydrogens is 374 g/mol. The molecule has 4 rings (SSSR count). The van der Waals surface area contributed by atoms with E-state index in [9.17, 15) is 9.59 Å². The maximum Gasteiger partial charge on any atom is 0.315 e. The van der Waals surface area contributed by atoms with Gasteiger partial charge < -0.3 is 14.3 Å². The minimum atomic E-state index is -0.417. The lowest BCUT2D eigenvalue weighted by atomic mass is 10.1. The number of nitrogens with one attached hydrogen (secondary N) is 1. The summed E-state index contributed by atoms with van der Waals surface area (Å²) in [7, 11) is 0. The van der Waals surface area contributed by atoms with Crippen LogP contribution in [0.5, 0.6) is 0 Å². The number of carbonyl (C=O) groups excluding carboxylic acids is 2. The van der Waals surface area contributed by atoms with Gasteiger partial charge in [-0.2, -0.15) is 4.99 Å². The lowest BCUT2D eigenvalue weighted by Crippen LogP contribution is -2.27. The Labute approximate surface area is 166 Å². The zero-order chi connectivity index (χ0) is 19.7. The van der Waals surface area contributed by atoms with Gasteiger partial charge in [0.2, 0.25) is 0 Å². The zero-order valence-corrected chi connectivity index (χ0v) is 16.6. The van der Waals surface area contributed by atoms with Crippen LogP contribution in [0.15, 0.2) is 52.1 Å². The van der Waals surface area contributed by atoms with Crippen LogP contribution in [0.2, 0.25) is 0 Å². The molecule has 1 N–H and O–H groups in total. The topological polar surface area (TPSA) is 76.6 Å². The number of nitrogens with zero attached hydrogens (tertiary/aromatic N) is 2. The Kier molecular flexibility index (Phi) is 5.00. The van der Waals surface area contributed by atoms with E-state index in [1.165, 1.54) is 17.6 Å². The van der Waals surface area contributed by atoms with Crippen molar-refractivity contribution in [1.82, 2.24) is 9.88 Å². The fourth-order valence-electron chi connectivity index (χ4n) is 2.95. The van der Waals surface area contributed by atoms with E-state index in [1.54, 1.807) is 12.1 Å². The molecular formula is C21H21N3O3S. The molecule has 0 radical (unpaired) electrons. The normalized spacial score (nSPS) is 14.3. The lowest BCUT2D eigenvalue weighted by Gasteiger charge is -2.12. The number of aryl methyl sites for hydroxylation is 1. The van der Waals surface area contributed by atoms with Crippen LogP contribution in [-0.2, 0) is 6.54 Å². The molecule has 7 heteroatoms. The third kappa shape index (κ3) is 3.84. The number of hydrogen-bond acceptors (Lipinski definition) is 4. The molecule has 0 bridgehead atoms. The van der Waals surface area contributed by atoms with Crippen molar-refractivity contribution in [3.63, 3.8) is 0 Å². The van der Waals surface area contributed by atoms with Crippen LogP contribution in [0, 0.1) is 13.8 Å². The maximum atomic E-state index is 12.6. The highest BCUT2D eigenvalue weighted by atomic mass is 32.1. The first kappa shape index (κ1) is 18.4. The van der Waals surface area contributed by atoms with Crippen LogP contribution < -0.4 is 10.1 Å². The lowest BCUT2D eigenvalue weighted by molar-refractivity contribution is 0.0946. The average Bonchev–Trinajstić information content (AvgIpc) is 3.24. The molecule has 1 saturated carbocycles. The predicted molar refractivity (Wildman–Crippen MR) is 106 cm³/mol. The third-order valence-electron chi connectivity index (χ3n) is 4.82. The van der Waals surface area contributed by atoms with E-state index >= 15 is 0 Å². The van der Waals surface area contributed by atoms with E-state index in [4.69, 9.17) is 4.42 Å². The summed E-state index contributed by atoms with van der Waals surface area (Å²) in [4.78, 5) is 30.9. The SMILES string of the molecule is Cc1sc(=NC(=O)c2ccco2)n(Cc2ccccc2C(=O)NC2CC2)c1C. The number of aromatic nitrogens is 1. The monoisotopic (exact) mass is 395 g/mol. The summed E-state index contributed by atoms with van der Waals surface area (Å²) in [6, 6.07) is 11.1. The van der Waals surface area contributed by atoms with Crippen LogP contribution in [-0.4, -0.2) is 22.4 Å². The third-order valence-corrected chi connectivity index (χ3v) is 5.92. The van der Waals surface area contributed by atoms with Gasteiger partial charge in [0.25, 0.3) is 5.91 Å². The van der Waals surface area contributed by atoms with Gasteiger partial charge in [-0.3, -0.25) is 9.59 Å². The van der Waals surface area contributed by atoms with E-state index < -0.39 is 5.91 Å². The molecule has 1 aliphatic carbocycles. The highest BCUT2D eigenvalue weighted by Gasteiger charge is 2.25. The Balaban J connectivity index is 1.69. The molecule has 28 heavy (non-hydrogen) atoms. The smallest absolute Gasteiger partial charge is 0.315 e. The first-order chi connectivity index (χ1) is 13.5. The van der Waals surface area contributed by atoms with Crippen molar-refractivity contribution in [2.24, 2.45) is 4.99 Å². The molecule has 2 aromatic heterocycles. The summed E-state index contributed by atoms with van der Waals surface area (Å²) in [5.74, 6) is -0.257.